The lowest BCUT2D eigenvalue weighted by atomic mass is 9.98. The Morgan fingerprint density at radius 1 is 1.33 bits per heavy atom. The third kappa shape index (κ3) is 7.18. The lowest BCUT2D eigenvalue weighted by Crippen LogP contribution is -2.37. The maximum absolute atomic E-state index is 4.68. The molecule has 0 saturated heterocycles. The quantitative estimate of drug-likeness (QED) is 0.458. The van der Waals surface area contributed by atoms with E-state index in [9.17, 15) is 0 Å². The smallest absolute Gasteiger partial charge is 0.191 e. The van der Waals surface area contributed by atoms with Crippen LogP contribution in [0.1, 0.15) is 44.3 Å². The number of hydrogen-bond donors (Lipinski definition) is 2. The molecule has 0 amide bonds. The van der Waals surface area contributed by atoms with Crippen LogP contribution in [0.5, 0.6) is 0 Å². The van der Waals surface area contributed by atoms with E-state index >= 15 is 0 Å². The molecule has 4 nitrogen and oxygen atoms in total. The minimum absolute atomic E-state index is 0.125. The molecule has 0 aromatic carbocycles. The highest BCUT2D eigenvalue weighted by Crippen LogP contribution is 2.25. The average molecular weight is 329 g/mol. The highest BCUT2D eigenvalue weighted by Gasteiger charge is 2.17. The highest BCUT2D eigenvalue weighted by molar-refractivity contribution is 7.98. The molecule has 0 saturated carbocycles. The Hall–Kier alpha value is -0.750. The van der Waals surface area contributed by atoms with Crippen LogP contribution in [0.15, 0.2) is 10.4 Å². The molecule has 0 atom stereocenters. The summed E-state index contributed by atoms with van der Waals surface area (Å²) < 4.78 is 0. The van der Waals surface area contributed by atoms with Crippen molar-refractivity contribution in [1.82, 2.24) is 15.6 Å². The number of nitrogens with one attached hydrogen (secondary N) is 2. The van der Waals surface area contributed by atoms with Crippen LogP contribution < -0.4 is 10.6 Å². The first-order chi connectivity index (χ1) is 9.97. The summed E-state index contributed by atoms with van der Waals surface area (Å²) in [7, 11) is 1.80. The number of hydrogen-bond acceptors (Lipinski definition) is 4. The summed E-state index contributed by atoms with van der Waals surface area (Å²) in [6.45, 7) is 8.26. The normalized spacial score (nSPS) is 12.5. The van der Waals surface area contributed by atoms with Crippen LogP contribution in [-0.2, 0) is 12.0 Å². The fourth-order valence-electron chi connectivity index (χ4n) is 1.71. The second kappa shape index (κ2) is 9.30. The van der Waals surface area contributed by atoms with Gasteiger partial charge < -0.3 is 10.6 Å². The molecule has 1 aromatic heterocycles. The molecule has 0 aliphatic carbocycles. The standard InChI is InChI=1S/C15H28N4S2/c1-15(2,3)13-19-12(11-21-13)10-18-14(16-4)17-8-6-7-9-20-5/h11H,6-10H2,1-5H3,(H2,16,17,18). The number of thioether (sulfide) groups is 1. The van der Waals surface area contributed by atoms with Crippen LogP contribution in [-0.4, -0.2) is 36.5 Å². The van der Waals surface area contributed by atoms with Gasteiger partial charge in [-0.25, -0.2) is 4.98 Å². The van der Waals surface area contributed by atoms with Gasteiger partial charge in [0.25, 0.3) is 0 Å². The summed E-state index contributed by atoms with van der Waals surface area (Å²) in [6.07, 6.45) is 4.56. The third-order valence-electron chi connectivity index (χ3n) is 2.92. The number of aliphatic imine (C=N–C) groups is 1. The summed E-state index contributed by atoms with van der Waals surface area (Å²) >= 11 is 3.63. The van der Waals surface area contributed by atoms with Gasteiger partial charge in [-0.15, -0.1) is 11.3 Å². The second-order valence-corrected chi connectivity index (χ2v) is 7.79. The molecule has 2 N–H and O–H groups in total. The highest BCUT2D eigenvalue weighted by atomic mass is 32.2. The molecule has 0 aliphatic heterocycles. The molecule has 120 valence electrons. The number of thiazole rings is 1. The minimum Gasteiger partial charge on any atom is -0.356 e. The van der Waals surface area contributed by atoms with Gasteiger partial charge in [0, 0.05) is 24.4 Å². The molecule has 0 unspecified atom stereocenters. The Morgan fingerprint density at radius 3 is 2.67 bits per heavy atom. The van der Waals surface area contributed by atoms with Gasteiger partial charge in [0.2, 0.25) is 0 Å². The molecular weight excluding hydrogens is 300 g/mol. The van der Waals surface area contributed by atoms with E-state index in [1.807, 2.05) is 11.8 Å². The van der Waals surface area contributed by atoms with E-state index in [1.165, 1.54) is 23.6 Å². The van der Waals surface area contributed by atoms with Gasteiger partial charge in [0.05, 0.1) is 17.2 Å². The fourth-order valence-corrected chi connectivity index (χ4v) is 3.11. The molecule has 21 heavy (non-hydrogen) atoms. The second-order valence-electron chi connectivity index (χ2n) is 5.95. The zero-order valence-electron chi connectivity index (χ0n) is 13.8. The van der Waals surface area contributed by atoms with Crippen molar-refractivity contribution in [2.24, 2.45) is 4.99 Å². The predicted molar refractivity (Wildman–Crippen MR) is 96.6 cm³/mol. The Balaban J connectivity index is 2.33. The van der Waals surface area contributed by atoms with Gasteiger partial charge >= 0.3 is 0 Å². The van der Waals surface area contributed by atoms with E-state index in [2.05, 4.69) is 53.0 Å². The number of unbranched alkanes of at least 4 members (excludes halogenated alkanes) is 1. The summed E-state index contributed by atoms with van der Waals surface area (Å²) in [4.78, 5) is 8.92. The van der Waals surface area contributed by atoms with Crippen molar-refractivity contribution < 1.29 is 0 Å². The molecule has 0 fully saturated rings. The third-order valence-corrected chi connectivity index (χ3v) is 4.94. The van der Waals surface area contributed by atoms with Crippen LogP contribution in [0.3, 0.4) is 0 Å². The van der Waals surface area contributed by atoms with Crippen LogP contribution in [0.4, 0.5) is 0 Å². The Kier molecular flexibility index (Phi) is 8.11. The van der Waals surface area contributed by atoms with Crippen LogP contribution in [0, 0.1) is 0 Å². The van der Waals surface area contributed by atoms with E-state index in [0.29, 0.717) is 0 Å². The van der Waals surface area contributed by atoms with E-state index in [-0.39, 0.29) is 5.41 Å². The lowest BCUT2D eigenvalue weighted by molar-refractivity contribution is 0.582. The monoisotopic (exact) mass is 328 g/mol. The van der Waals surface area contributed by atoms with Crippen molar-refractivity contribution in [3.05, 3.63) is 16.1 Å². The van der Waals surface area contributed by atoms with Crippen LogP contribution in [0.25, 0.3) is 0 Å². The number of aromatic nitrogens is 1. The van der Waals surface area contributed by atoms with E-state index in [1.54, 1.807) is 18.4 Å². The molecule has 1 rings (SSSR count). The molecule has 0 aliphatic rings. The summed E-state index contributed by atoms with van der Waals surface area (Å²) in [5, 5.41) is 9.96. The molecule has 1 aromatic rings. The molecular formula is C15H28N4S2. The van der Waals surface area contributed by atoms with Crippen molar-refractivity contribution in [3.63, 3.8) is 0 Å². The van der Waals surface area contributed by atoms with Crippen molar-refractivity contribution in [2.45, 2.75) is 45.6 Å². The number of rotatable bonds is 7. The number of guanidine groups is 1. The van der Waals surface area contributed by atoms with E-state index in [0.717, 1.165) is 24.7 Å². The van der Waals surface area contributed by atoms with Crippen molar-refractivity contribution in [2.75, 3.05) is 25.6 Å². The molecule has 6 heteroatoms. The van der Waals surface area contributed by atoms with Gasteiger partial charge in [-0.3, -0.25) is 4.99 Å². The van der Waals surface area contributed by atoms with Crippen LogP contribution in [0.2, 0.25) is 0 Å². The maximum atomic E-state index is 4.68. The van der Waals surface area contributed by atoms with Gasteiger partial charge in [-0.1, -0.05) is 20.8 Å². The topological polar surface area (TPSA) is 49.3 Å². The van der Waals surface area contributed by atoms with Gasteiger partial charge in [0.15, 0.2) is 5.96 Å². The SMILES string of the molecule is CN=C(NCCCCSC)NCc1csc(C(C)(C)C)n1. The van der Waals surface area contributed by atoms with E-state index in [4.69, 9.17) is 0 Å². The first-order valence-corrected chi connectivity index (χ1v) is 9.63. The Bertz CT molecular complexity index is 435. The Morgan fingerprint density at radius 2 is 2.10 bits per heavy atom. The minimum atomic E-state index is 0.125. The summed E-state index contributed by atoms with van der Waals surface area (Å²) in [5.41, 5.74) is 1.20. The molecule has 0 bridgehead atoms. The average Bonchev–Trinajstić information content (AvgIpc) is 2.91. The van der Waals surface area contributed by atoms with Gasteiger partial charge in [0.1, 0.15) is 0 Å². The first-order valence-electron chi connectivity index (χ1n) is 7.35. The van der Waals surface area contributed by atoms with Gasteiger partial charge in [-0.05, 0) is 24.9 Å². The predicted octanol–water partition coefficient (Wildman–Crippen LogP) is 3.25. The Labute approximate surface area is 137 Å². The lowest BCUT2D eigenvalue weighted by Gasteiger charge is -2.14. The van der Waals surface area contributed by atoms with Gasteiger partial charge in [-0.2, -0.15) is 11.8 Å². The first kappa shape index (κ1) is 18.3. The van der Waals surface area contributed by atoms with Crippen LogP contribution >= 0.6 is 23.1 Å². The summed E-state index contributed by atoms with van der Waals surface area (Å²) in [5.74, 6) is 2.08. The fraction of sp³-hybridized carbons (Fsp3) is 0.733. The van der Waals surface area contributed by atoms with Crippen molar-refractivity contribution in [3.8, 4) is 0 Å². The zero-order valence-corrected chi connectivity index (χ0v) is 15.5. The molecule has 1 heterocycles. The summed E-state index contributed by atoms with van der Waals surface area (Å²) in [6, 6.07) is 0. The maximum Gasteiger partial charge on any atom is 0.191 e. The largest absolute Gasteiger partial charge is 0.356 e. The van der Waals surface area contributed by atoms with Crippen molar-refractivity contribution >= 4 is 29.1 Å². The molecule has 0 radical (unpaired) electrons. The van der Waals surface area contributed by atoms with Crippen molar-refractivity contribution in [1.29, 1.82) is 0 Å². The van der Waals surface area contributed by atoms with E-state index < -0.39 is 0 Å². The number of nitrogens with zero attached hydrogens (tertiary/aromatic N) is 2. The molecule has 0 spiro atoms. The zero-order chi connectivity index (χ0) is 15.7.